The van der Waals surface area contributed by atoms with Crippen molar-refractivity contribution in [1.29, 1.82) is 0 Å². The van der Waals surface area contributed by atoms with Crippen molar-refractivity contribution in [1.82, 2.24) is 10.6 Å². The molecule has 2 saturated carbocycles. The Hall–Kier alpha value is -1.55. The molecule has 4 heteroatoms. The highest BCUT2D eigenvalue weighted by Gasteiger charge is 2.58. The number of aryl methyl sites for hydroxylation is 1. The van der Waals surface area contributed by atoms with Crippen molar-refractivity contribution >= 4 is 6.09 Å². The molecule has 4 rings (SSSR count). The Morgan fingerprint density at radius 1 is 1.14 bits per heavy atom. The van der Waals surface area contributed by atoms with Crippen LogP contribution in [-0.4, -0.2) is 29.3 Å². The molecule has 0 radical (unpaired) electrons. The van der Waals surface area contributed by atoms with E-state index in [2.05, 4.69) is 34.9 Å². The maximum Gasteiger partial charge on any atom is 0.404 e. The van der Waals surface area contributed by atoms with Crippen LogP contribution in [0.5, 0.6) is 0 Å². The summed E-state index contributed by atoms with van der Waals surface area (Å²) in [4.78, 5) is 10.7. The second-order valence-electron chi connectivity index (χ2n) is 7.23. The molecular formula is C18H24N2O2. The number of hydrogen-bond donors (Lipinski definition) is 3. The molecule has 0 aromatic heterocycles. The monoisotopic (exact) mass is 300 g/mol. The number of hydrogen-bond acceptors (Lipinski definition) is 2. The zero-order valence-corrected chi connectivity index (χ0v) is 12.8. The maximum absolute atomic E-state index is 10.7. The van der Waals surface area contributed by atoms with Gasteiger partial charge in [-0.3, -0.25) is 0 Å². The van der Waals surface area contributed by atoms with Gasteiger partial charge in [0.25, 0.3) is 0 Å². The molecule has 2 atom stereocenters. The summed E-state index contributed by atoms with van der Waals surface area (Å²) in [7, 11) is 0. The zero-order chi connectivity index (χ0) is 15.2. The number of carbonyl (C=O) groups is 1. The molecule has 0 bridgehead atoms. The Morgan fingerprint density at radius 3 is 2.64 bits per heavy atom. The molecular weight excluding hydrogens is 276 g/mol. The highest BCUT2D eigenvalue weighted by Crippen LogP contribution is 2.57. The van der Waals surface area contributed by atoms with E-state index in [1.165, 1.54) is 19.3 Å². The first-order chi connectivity index (χ1) is 10.7. The Labute approximate surface area is 131 Å². The van der Waals surface area contributed by atoms with E-state index in [-0.39, 0.29) is 6.04 Å². The van der Waals surface area contributed by atoms with Crippen molar-refractivity contribution in [2.24, 2.45) is 0 Å². The Bertz CT molecular complexity index is 580. The summed E-state index contributed by atoms with van der Waals surface area (Å²) in [5.41, 5.74) is 3.53. The lowest BCUT2D eigenvalue weighted by molar-refractivity contribution is 0.183. The fourth-order valence-electron chi connectivity index (χ4n) is 4.68. The average molecular weight is 300 g/mol. The first kappa shape index (κ1) is 14.1. The van der Waals surface area contributed by atoms with E-state index in [1.807, 2.05) is 0 Å². The van der Waals surface area contributed by atoms with E-state index < -0.39 is 6.09 Å². The van der Waals surface area contributed by atoms with Gasteiger partial charge in [-0.05, 0) is 56.1 Å². The minimum absolute atomic E-state index is 0.149. The molecule has 22 heavy (non-hydrogen) atoms. The van der Waals surface area contributed by atoms with Gasteiger partial charge in [0.05, 0.1) is 0 Å². The van der Waals surface area contributed by atoms with Gasteiger partial charge in [0.2, 0.25) is 0 Å². The average Bonchev–Trinajstić information content (AvgIpc) is 3.07. The van der Waals surface area contributed by atoms with Gasteiger partial charge in [-0.1, -0.05) is 24.3 Å². The van der Waals surface area contributed by atoms with E-state index in [9.17, 15) is 4.79 Å². The van der Waals surface area contributed by atoms with Crippen molar-refractivity contribution in [2.45, 2.75) is 68.5 Å². The molecule has 0 saturated heterocycles. The molecule has 0 aliphatic heterocycles. The second kappa shape index (κ2) is 5.27. The lowest BCUT2D eigenvalue weighted by Crippen LogP contribution is -2.43. The Morgan fingerprint density at radius 2 is 1.86 bits per heavy atom. The number of amides is 1. The smallest absolute Gasteiger partial charge is 0.404 e. The van der Waals surface area contributed by atoms with Gasteiger partial charge in [0.1, 0.15) is 0 Å². The van der Waals surface area contributed by atoms with Crippen LogP contribution in [0, 0.1) is 0 Å². The lowest BCUT2D eigenvalue weighted by atomic mass is 9.90. The fraction of sp³-hybridized carbons (Fsp3) is 0.611. The number of fused-ring (bicyclic) bond motifs is 2. The van der Waals surface area contributed by atoms with Crippen molar-refractivity contribution in [3.8, 4) is 0 Å². The Balaban J connectivity index is 1.33. The summed E-state index contributed by atoms with van der Waals surface area (Å²) in [5.74, 6) is 0. The Kier molecular flexibility index (Phi) is 3.37. The zero-order valence-electron chi connectivity index (χ0n) is 12.8. The fourth-order valence-corrected chi connectivity index (χ4v) is 4.68. The standard InChI is InChI=1S/C18H24N2O2/c21-17(22)20-14-7-5-13(6-8-14)19-16-11-18(16)10-9-12-3-1-2-4-15(12)18/h1-4,13-14,16,19-20H,5-11H2,(H,21,22). The molecule has 2 unspecified atom stereocenters. The summed E-state index contributed by atoms with van der Waals surface area (Å²) >= 11 is 0. The molecule has 1 aromatic rings. The van der Waals surface area contributed by atoms with Crippen LogP contribution < -0.4 is 10.6 Å². The number of carboxylic acid groups (broad SMARTS) is 1. The summed E-state index contributed by atoms with van der Waals surface area (Å²) < 4.78 is 0. The van der Waals surface area contributed by atoms with Gasteiger partial charge in [-0.25, -0.2) is 4.79 Å². The van der Waals surface area contributed by atoms with Crippen molar-refractivity contribution < 1.29 is 9.90 Å². The van der Waals surface area contributed by atoms with Crippen LogP contribution in [0.25, 0.3) is 0 Å². The van der Waals surface area contributed by atoms with E-state index in [0.29, 0.717) is 17.5 Å². The van der Waals surface area contributed by atoms with Crippen LogP contribution >= 0.6 is 0 Å². The minimum Gasteiger partial charge on any atom is -0.465 e. The summed E-state index contributed by atoms with van der Waals surface area (Å²) in [6.07, 6.45) is 6.99. The topological polar surface area (TPSA) is 61.4 Å². The van der Waals surface area contributed by atoms with E-state index in [0.717, 1.165) is 25.7 Å². The van der Waals surface area contributed by atoms with Crippen LogP contribution in [0.2, 0.25) is 0 Å². The molecule has 118 valence electrons. The molecule has 2 fully saturated rings. The number of rotatable bonds is 3. The summed E-state index contributed by atoms with van der Waals surface area (Å²) in [6.45, 7) is 0. The number of benzene rings is 1. The molecule has 1 spiro atoms. The van der Waals surface area contributed by atoms with Crippen LogP contribution in [0.15, 0.2) is 24.3 Å². The largest absolute Gasteiger partial charge is 0.465 e. The first-order valence-corrected chi connectivity index (χ1v) is 8.51. The van der Waals surface area contributed by atoms with Crippen LogP contribution in [0.1, 0.15) is 49.7 Å². The third-order valence-electron chi connectivity index (χ3n) is 5.96. The predicted octanol–water partition coefficient (Wildman–Crippen LogP) is 2.81. The van der Waals surface area contributed by atoms with Gasteiger partial charge in [0.15, 0.2) is 0 Å². The highest BCUT2D eigenvalue weighted by atomic mass is 16.4. The van der Waals surface area contributed by atoms with Gasteiger partial charge in [0, 0.05) is 23.5 Å². The number of nitrogens with one attached hydrogen (secondary N) is 2. The van der Waals surface area contributed by atoms with E-state index in [1.54, 1.807) is 11.1 Å². The highest BCUT2D eigenvalue weighted by molar-refractivity contribution is 5.64. The molecule has 4 nitrogen and oxygen atoms in total. The summed E-state index contributed by atoms with van der Waals surface area (Å²) in [5, 5.41) is 15.3. The van der Waals surface area contributed by atoms with Crippen LogP contribution in [-0.2, 0) is 11.8 Å². The summed E-state index contributed by atoms with van der Waals surface area (Å²) in [6, 6.07) is 10.3. The van der Waals surface area contributed by atoms with E-state index >= 15 is 0 Å². The molecule has 1 amide bonds. The third kappa shape index (κ3) is 2.39. The quantitative estimate of drug-likeness (QED) is 0.804. The molecule has 0 heterocycles. The van der Waals surface area contributed by atoms with Crippen LogP contribution in [0.4, 0.5) is 4.79 Å². The SMILES string of the molecule is O=C(O)NC1CCC(NC2CC23CCc2ccccc23)CC1. The normalized spacial score (nSPS) is 36.1. The second-order valence-corrected chi connectivity index (χ2v) is 7.23. The molecule has 3 N–H and O–H groups in total. The molecule has 3 aliphatic carbocycles. The molecule has 3 aliphatic rings. The predicted molar refractivity (Wildman–Crippen MR) is 85.2 cm³/mol. The third-order valence-corrected chi connectivity index (χ3v) is 5.96. The molecule has 1 aromatic carbocycles. The van der Waals surface area contributed by atoms with Gasteiger partial charge in [-0.15, -0.1) is 0 Å². The van der Waals surface area contributed by atoms with Gasteiger partial charge >= 0.3 is 6.09 Å². The van der Waals surface area contributed by atoms with Gasteiger partial charge < -0.3 is 15.7 Å². The van der Waals surface area contributed by atoms with Crippen molar-refractivity contribution in [2.75, 3.05) is 0 Å². The van der Waals surface area contributed by atoms with Crippen molar-refractivity contribution in [3.63, 3.8) is 0 Å². The van der Waals surface area contributed by atoms with Crippen molar-refractivity contribution in [3.05, 3.63) is 35.4 Å². The van der Waals surface area contributed by atoms with Crippen LogP contribution in [0.3, 0.4) is 0 Å². The lowest BCUT2D eigenvalue weighted by Gasteiger charge is -2.29. The minimum atomic E-state index is -0.889. The first-order valence-electron chi connectivity index (χ1n) is 8.51. The van der Waals surface area contributed by atoms with Gasteiger partial charge in [-0.2, -0.15) is 0 Å². The maximum atomic E-state index is 10.7. The van der Waals surface area contributed by atoms with E-state index in [4.69, 9.17) is 5.11 Å².